The van der Waals surface area contributed by atoms with E-state index in [0.717, 1.165) is 31.1 Å². The predicted molar refractivity (Wildman–Crippen MR) is 61.5 cm³/mol. The molecule has 0 spiro atoms. The Hall–Kier alpha value is -0.910. The quantitative estimate of drug-likeness (QED) is 0.750. The zero-order valence-corrected chi connectivity index (χ0v) is 9.59. The average Bonchev–Trinajstić information content (AvgIpc) is 2.81. The van der Waals surface area contributed by atoms with Crippen molar-refractivity contribution < 1.29 is 4.74 Å². The molecule has 0 aliphatic rings. The van der Waals surface area contributed by atoms with Crippen LogP contribution in [0.5, 0.6) is 0 Å². The van der Waals surface area contributed by atoms with Gasteiger partial charge >= 0.3 is 0 Å². The van der Waals surface area contributed by atoms with Gasteiger partial charge in [0.05, 0.1) is 6.61 Å². The van der Waals surface area contributed by atoms with E-state index in [0.29, 0.717) is 0 Å². The first kappa shape index (κ1) is 10.6. The molecule has 82 valence electrons. The van der Waals surface area contributed by atoms with Crippen molar-refractivity contribution in [3.05, 3.63) is 23.5 Å². The molecule has 0 saturated heterocycles. The van der Waals surface area contributed by atoms with Crippen LogP contribution in [0.25, 0.3) is 4.96 Å². The third kappa shape index (κ3) is 2.56. The molecule has 2 aromatic heterocycles. The van der Waals surface area contributed by atoms with Gasteiger partial charge in [-0.05, 0) is 0 Å². The first-order valence-corrected chi connectivity index (χ1v) is 5.89. The van der Waals surface area contributed by atoms with E-state index in [1.807, 2.05) is 12.4 Å². The molecule has 5 heteroatoms. The van der Waals surface area contributed by atoms with Gasteiger partial charge in [0.15, 0.2) is 4.96 Å². The summed E-state index contributed by atoms with van der Waals surface area (Å²) in [5, 5.41) is 5.49. The standard InChI is InChI=1S/C10H15N3OS/c1-14-7-5-11-3-2-9-8-15-10-12-4-6-13(9)10/h4,6,8,11H,2-3,5,7H2,1H3. The summed E-state index contributed by atoms with van der Waals surface area (Å²) in [6.07, 6.45) is 4.88. The van der Waals surface area contributed by atoms with E-state index in [1.54, 1.807) is 18.4 Å². The minimum absolute atomic E-state index is 0.768. The molecule has 0 aliphatic heterocycles. The Bertz CT molecular complexity index is 409. The molecule has 0 radical (unpaired) electrons. The average molecular weight is 225 g/mol. The number of nitrogens with one attached hydrogen (secondary N) is 1. The van der Waals surface area contributed by atoms with Crippen molar-refractivity contribution in [2.24, 2.45) is 0 Å². The van der Waals surface area contributed by atoms with Gasteiger partial charge in [0, 0.05) is 50.1 Å². The predicted octanol–water partition coefficient (Wildman–Crippen LogP) is 1.17. The summed E-state index contributed by atoms with van der Waals surface area (Å²) in [6, 6.07) is 0. The molecule has 2 heterocycles. The highest BCUT2D eigenvalue weighted by molar-refractivity contribution is 7.15. The first-order valence-electron chi connectivity index (χ1n) is 5.01. The van der Waals surface area contributed by atoms with Crippen LogP contribution in [0, 0.1) is 0 Å². The second-order valence-electron chi connectivity index (χ2n) is 3.30. The molecular weight excluding hydrogens is 210 g/mol. The molecule has 4 nitrogen and oxygen atoms in total. The summed E-state index contributed by atoms with van der Waals surface area (Å²) < 4.78 is 7.10. The summed E-state index contributed by atoms with van der Waals surface area (Å²) >= 11 is 1.69. The fraction of sp³-hybridized carbons (Fsp3) is 0.500. The molecule has 2 rings (SSSR count). The van der Waals surface area contributed by atoms with Gasteiger partial charge in [-0.15, -0.1) is 11.3 Å². The Kier molecular flexibility index (Phi) is 3.71. The van der Waals surface area contributed by atoms with Gasteiger partial charge in [0.25, 0.3) is 0 Å². The molecule has 0 atom stereocenters. The highest BCUT2D eigenvalue weighted by Crippen LogP contribution is 2.14. The largest absolute Gasteiger partial charge is 0.383 e. The number of methoxy groups -OCH3 is 1. The topological polar surface area (TPSA) is 38.6 Å². The summed E-state index contributed by atoms with van der Waals surface area (Å²) in [7, 11) is 1.72. The lowest BCUT2D eigenvalue weighted by atomic mass is 10.3. The SMILES string of the molecule is COCCNCCc1csc2nccn12. The van der Waals surface area contributed by atoms with Crippen LogP contribution in [0.4, 0.5) is 0 Å². The maximum absolute atomic E-state index is 4.96. The molecule has 0 fully saturated rings. The zero-order chi connectivity index (χ0) is 10.5. The number of rotatable bonds is 6. The summed E-state index contributed by atoms with van der Waals surface area (Å²) in [4.78, 5) is 5.31. The molecule has 0 unspecified atom stereocenters. The molecule has 1 N–H and O–H groups in total. The van der Waals surface area contributed by atoms with E-state index in [1.165, 1.54) is 5.69 Å². The maximum Gasteiger partial charge on any atom is 0.193 e. The van der Waals surface area contributed by atoms with Crippen LogP contribution in [0.1, 0.15) is 5.69 Å². The number of hydrogen-bond donors (Lipinski definition) is 1. The molecule has 0 aromatic carbocycles. The maximum atomic E-state index is 4.96. The van der Waals surface area contributed by atoms with Crippen molar-refractivity contribution in [3.8, 4) is 0 Å². The number of fused-ring (bicyclic) bond motifs is 1. The third-order valence-electron chi connectivity index (χ3n) is 2.26. The number of hydrogen-bond acceptors (Lipinski definition) is 4. The van der Waals surface area contributed by atoms with Crippen LogP contribution in [-0.4, -0.2) is 36.2 Å². The normalized spacial score (nSPS) is 11.3. The number of imidazole rings is 1. The van der Waals surface area contributed by atoms with E-state index in [9.17, 15) is 0 Å². The van der Waals surface area contributed by atoms with E-state index < -0.39 is 0 Å². The van der Waals surface area contributed by atoms with Gasteiger partial charge in [-0.3, -0.25) is 4.40 Å². The van der Waals surface area contributed by atoms with Crippen LogP contribution in [0.15, 0.2) is 17.8 Å². The van der Waals surface area contributed by atoms with Crippen molar-refractivity contribution in [1.29, 1.82) is 0 Å². The molecule has 0 aliphatic carbocycles. The van der Waals surface area contributed by atoms with Crippen molar-refractivity contribution in [3.63, 3.8) is 0 Å². The fourth-order valence-corrected chi connectivity index (χ4v) is 2.35. The Morgan fingerprint density at radius 3 is 3.33 bits per heavy atom. The number of aromatic nitrogens is 2. The van der Waals surface area contributed by atoms with Crippen molar-refractivity contribution in [2.75, 3.05) is 26.8 Å². The fourth-order valence-electron chi connectivity index (χ4n) is 1.47. The van der Waals surface area contributed by atoms with Crippen LogP contribution >= 0.6 is 11.3 Å². The molecule has 0 saturated carbocycles. The molecular formula is C10H15N3OS. The van der Waals surface area contributed by atoms with Crippen LogP contribution in [-0.2, 0) is 11.2 Å². The monoisotopic (exact) mass is 225 g/mol. The first-order chi connectivity index (χ1) is 7.42. The van der Waals surface area contributed by atoms with E-state index in [-0.39, 0.29) is 0 Å². The summed E-state index contributed by atoms with van der Waals surface area (Å²) in [5.74, 6) is 0. The Balaban J connectivity index is 1.82. The zero-order valence-electron chi connectivity index (χ0n) is 8.77. The molecule has 0 bridgehead atoms. The van der Waals surface area contributed by atoms with Gasteiger partial charge in [-0.2, -0.15) is 0 Å². The Labute approximate surface area is 92.9 Å². The minimum atomic E-state index is 0.768. The van der Waals surface area contributed by atoms with Crippen LogP contribution in [0.3, 0.4) is 0 Å². The lowest BCUT2D eigenvalue weighted by molar-refractivity contribution is 0.199. The van der Waals surface area contributed by atoms with Crippen molar-refractivity contribution in [2.45, 2.75) is 6.42 Å². The lowest BCUT2D eigenvalue weighted by Crippen LogP contribution is -2.22. The smallest absolute Gasteiger partial charge is 0.193 e. The van der Waals surface area contributed by atoms with Gasteiger partial charge in [-0.1, -0.05) is 0 Å². The van der Waals surface area contributed by atoms with E-state index in [4.69, 9.17) is 4.74 Å². The number of ether oxygens (including phenoxy) is 1. The van der Waals surface area contributed by atoms with Gasteiger partial charge in [-0.25, -0.2) is 4.98 Å². The third-order valence-corrected chi connectivity index (χ3v) is 3.16. The highest BCUT2D eigenvalue weighted by Gasteiger charge is 2.02. The van der Waals surface area contributed by atoms with Crippen molar-refractivity contribution in [1.82, 2.24) is 14.7 Å². The molecule has 0 amide bonds. The van der Waals surface area contributed by atoms with Gasteiger partial charge in [0.2, 0.25) is 0 Å². The number of nitrogens with zero attached hydrogens (tertiary/aromatic N) is 2. The Morgan fingerprint density at radius 2 is 2.47 bits per heavy atom. The van der Waals surface area contributed by atoms with E-state index >= 15 is 0 Å². The molecule has 2 aromatic rings. The van der Waals surface area contributed by atoms with Crippen molar-refractivity contribution >= 4 is 16.3 Å². The van der Waals surface area contributed by atoms with Gasteiger partial charge in [0.1, 0.15) is 0 Å². The summed E-state index contributed by atoms with van der Waals surface area (Å²) in [5.41, 5.74) is 1.32. The van der Waals surface area contributed by atoms with Crippen LogP contribution < -0.4 is 5.32 Å². The Morgan fingerprint density at radius 1 is 1.53 bits per heavy atom. The second kappa shape index (κ2) is 5.25. The number of thiazole rings is 1. The van der Waals surface area contributed by atoms with E-state index in [2.05, 4.69) is 20.1 Å². The highest BCUT2D eigenvalue weighted by atomic mass is 32.1. The minimum Gasteiger partial charge on any atom is -0.383 e. The van der Waals surface area contributed by atoms with Crippen LogP contribution in [0.2, 0.25) is 0 Å². The molecule has 15 heavy (non-hydrogen) atoms. The second-order valence-corrected chi connectivity index (χ2v) is 4.14. The summed E-state index contributed by atoms with van der Waals surface area (Å²) in [6.45, 7) is 2.66. The lowest BCUT2D eigenvalue weighted by Gasteiger charge is -2.02. The van der Waals surface area contributed by atoms with Gasteiger partial charge < -0.3 is 10.1 Å².